The molecule has 0 saturated heterocycles. The first-order chi connectivity index (χ1) is 8.17. The first-order valence-electron chi connectivity index (χ1n) is 6.42. The van der Waals surface area contributed by atoms with Crippen molar-refractivity contribution in [3.05, 3.63) is 29.3 Å². The molecule has 2 rings (SSSR count). The smallest absolute Gasteiger partial charge is 0.0655 e. The van der Waals surface area contributed by atoms with Crippen molar-refractivity contribution < 1.29 is 0 Å². The van der Waals surface area contributed by atoms with Gasteiger partial charge in [-0.25, -0.2) is 0 Å². The molecule has 0 aliphatic heterocycles. The second-order valence-electron chi connectivity index (χ2n) is 5.20. The fraction of sp³-hybridized carbons (Fsp3) is 0.533. The maximum absolute atomic E-state index is 8.87. The number of aryl methyl sites for hydroxylation is 2. The second kappa shape index (κ2) is 5.23. The summed E-state index contributed by atoms with van der Waals surface area (Å²) in [6.07, 6.45) is 4.31. The topological polar surface area (TPSA) is 35.8 Å². The van der Waals surface area contributed by atoms with E-state index >= 15 is 0 Å². The van der Waals surface area contributed by atoms with Gasteiger partial charge in [-0.2, -0.15) is 5.26 Å². The van der Waals surface area contributed by atoms with E-state index < -0.39 is 0 Å². The molecule has 1 saturated carbocycles. The van der Waals surface area contributed by atoms with E-state index in [1.807, 2.05) is 0 Å². The number of nitrogens with zero attached hydrogens (tertiary/aromatic N) is 1. The lowest BCUT2D eigenvalue weighted by Gasteiger charge is -2.26. The van der Waals surface area contributed by atoms with E-state index in [2.05, 4.69) is 43.4 Å². The van der Waals surface area contributed by atoms with Gasteiger partial charge in [0.15, 0.2) is 0 Å². The van der Waals surface area contributed by atoms with Gasteiger partial charge in [-0.1, -0.05) is 6.07 Å². The molecule has 0 aromatic heterocycles. The normalized spacial score (nSPS) is 24.1. The van der Waals surface area contributed by atoms with Crippen LogP contribution in [0.15, 0.2) is 18.2 Å². The zero-order valence-corrected chi connectivity index (χ0v) is 10.7. The minimum absolute atomic E-state index is 0.285. The molecule has 1 aliphatic carbocycles. The Labute approximate surface area is 104 Å². The predicted octanol–water partition coefficient (Wildman–Crippen LogP) is 3.80. The highest BCUT2D eigenvalue weighted by Gasteiger charge is 2.20. The third-order valence-corrected chi connectivity index (χ3v) is 3.50. The number of hydrogen-bond donors (Lipinski definition) is 1. The molecule has 1 fully saturated rings. The highest BCUT2D eigenvalue weighted by atomic mass is 14.9. The summed E-state index contributed by atoms with van der Waals surface area (Å²) in [6.45, 7) is 4.26. The second-order valence-corrected chi connectivity index (χ2v) is 5.20. The van der Waals surface area contributed by atoms with Gasteiger partial charge in [-0.15, -0.1) is 0 Å². The van der Waals surface area contributed by atoms with Crippen LogP contribution in [0.3, 0.4) is 0 Å². The Bertz CT molecular complexity index is 403. The lowest BCUT2D eigenvalue weighted by molar-refractivity contribution is 0.397. The van der Waals surface area contributed by atoms with Crippen LogP contribution in [0.1, 0.15) is 36.8 Å². The average Bonchev–Trinajstić information content (AvgIpc) is 2.28. The standard InChI is InChI=1S/C15H20N2/c1-11-7-12(2)9-15(8-11)17-14-5-3-13(10-16)4-6-14/h7-9,13-14,17H,3-6H2,1-2H3. The predicted molar refractivity (Wildman–Crippen MR) is 70.9 cm³/mol. The van der Waals surface area contributed by atoms with Crippen LogP contribution in [0.25, 0.3) is 0 Å². The Morgan fingerprint density at radius 2 is 1.65 bits per heavy atom. The Morgan fingerprint density at radius 3 is 2.18 bits per heavy atom. The number of nitriles is 1. The Balaban J connectivity index is 1.96. The van der Waals surface area contributed by atoms with Gasteiger partial charge in [-0.05, 0) is 62.8 Å². The van der Waals surface area contributed by atoms with Gasteiger partial charge in [-0.3, -0.25) is 0 Å². The third-order valence-electron chi connectivity index (χ3n) is 3.50. The van der Waals surface area contributed by atoms with Crippen molar-refractivity contribution in [2.75, 3.05) is 5.32 Å². The molecule has 0 unspecified atom stereocenters. The largest absolute Gasteiger partial charge is 0.382 e. The van der Waals surface area contributed by atoms with Crippen molar-refractivity contribution in [1.29, 1.82) is 5.26 Å². The summed E-state index contributed by atoms with van der Waals surface area (Å²) in [5.41, 5.74) is 3.83. The van der Waals surface area contributed by atoms with Gasteiger partial charge >= 0.3 is 0 Å². The van der Waals surface area contributed by atoms with Crippen molar-refractivity contribution in [3.8, 4) is 6.07 Å². The zero-order chi connectivity index (χ0) is 12.3. The minimum atomic E-state index is 0.285. The summed E-state index contributed by atoms with van der Waals surface area (Å²) < 4.78 is 0. The highest BCUT2D eigenvalue weighted by molar-refractivity contribution is 5.49. The summed E-state index contributed by atoms with van der Waals surface area (Å²) in [4.78, 5) is 0. The minimum Gasteiger partial charge on any atom is -0.382 e. The van der Waals surface area contributed by atoms with Crippen molar-refractivity contribution in [3.63, 3.8) is 0 Å². The van der Waals surface area contributed by atoms with Crippen molar-refractivity contribution in [1.82, 2.24) is 0 Å². The maximum atomic E-state index is 8.87. The Hall–Kier alpha value is -1.49. The van der Waals surface area contributed by atoms with Gasteiger partial charge in [0.05, 0.1) is 6.07 Å². The quantitative estimate of drug-likeness (QED) is 0.835. The zero-order valence-electron chi connectivity index (χ0n) is 10.7. The van der Waals surface area contributed by atoms with Gasteiger partial charge in [0.25, 0.3) is 0 Å². The number of rotatable bonds is 2. The molecule has 2 nitrogen and oxygen atoms in total. The van der Waals surface area contributed by atoms with E-state index in [0.717, 1.165) is 25.7 Å². The molecule has 0 heterocycles. The molecular weight excluding hydrogens is 208 g/mol. The van der Waals surface area contributed by atoms with Crippen LogP contribution in [0.4, 0.5) is 5.69 Å². The number of benzene rings is 1. The molecule has 0 bridgehead atoms. The van der Waals surface area contributed by atoms with E-state index in [-0.39, 0.29) is 5.92 Å². The summed E-state index contributed by atoms with van der Waals surface area (Å²) in [5.74, 6) is 0.285. The van der Waals surface area contributed by atoms with Crippen molar-refractivity contribution in [2.45, 2.75) is 45.6 Å². The molecule has 0 radical (unpaired) electrons. The maximum Gasteiger partial charge on any atom is 0.0655 e. The number of hydrogen-bond acceptors (Lipinski definition) is 2. The monoisotopic (exact) mass is 228 g/mol. The molecule has 1 aromatic rings. The van der Waals surface area contributed by atoms with Crippen LogP contribution in [0.2, 0.25) is 0 Å². The van der Waals surface area contributed by atoms with Crippen LogP contribution in [0.5, 0.6) is 0 Å². The van der Waals surface area contributed by atoms with Crippen LogP contribution in [-0.4, -0.2) is 6.04 Å². The first kappa shape index (κ1) is 12.0. The third kappa shape index (κ3) is 3.23. The molecule has 1 aliphatic rings. The molecule has 0 spiro atoms. The van der Waals surface area contributed by atoms with Gasteiger partial charge in [0, 0.05) is 17.6 Å². The first-order valence-corrected chi connectivity index (χ1v) is 6.42. The SMILES string of the molecule is Cc1cc(C)cc(NC2CCC(C#N)CC2)c1. The lowest BCUT2D eigenvalue weighted by Crippen LogP contribution is -2.25. The molecule has 17 heavy (non-hydrogen) atoms. The molecular formula is C15H20N2. The molecule has 2 heteroatoms. The van der Waals surface area contributed by atoms with Crippen molar-refractivity contribution in [2.24, 2.45) is 5.92 Å². The highest BCUT2D eigenvalue weighted by Crippen LogP contribution is 2.26. The fourth-order valence-electron chi connectivity index (χ4n) is 2.66. The van der Waals surface area contributed by atoms with Gasteiger partial charge in [0.1, 0.15) is 0 Å². The van der Waals surface area contributed by atoms with E-state index in [0.29, 0.717) is 6.04 Å². The number of anilines is 1. The van der Waals surface area contributed by atoms with E-state index in [4.69, 9.17) is 5.26 Å². The van der Waals surface area contributed by atoms with Gasteiger partial charge in [0.2, 0.25) is 0 Å². The Morgan fingerprint density at radius 1 is 1.06 bits per heavy atom. The molecule has 0 atom stereocenters. The van der Waals surface area contributed by atoms with Crippen LogP contribution in [-0.2, 0) is 0 Å². The molecule has 1 N–H and O–H groups in total. The van der Waals surface area contributed by atoms with Crippen molar-refractivity contribution >= 4 is 5.69 Å². The Kier molecular flexibility index (Phi) is 3.68. The molecule has 0 amide bonds. The van der Waals surface area contributed by atoms with Crippen LogP contribution >= 0.6 is 0 Å². The number of nitrogens with one attached hydrogen (secondary N) is 1. The van der Waals surface area contributed by atoms with E-state index in [1.54, 1.807) is 0 Å². The van der Waals surface area contributed by atoms with E-state index in [9.17, 15) is 0 Å². The molecule has 90 valence electrons. The summed E-state index contributed by atoms with van der Waals surface area (Å²) >= 11 is 0. The van der Waals surface area contributed by atoms with Crippen LogP contribution < -0.4 is 5.32 Å². The molecule has 1 aromatic carbocycles. The van der Waals surface area contributed by atoms with Crippen LogP contribution in [0, 0.1) is 31.1 Å². The average molecular weight is 228 g/mol. The summed E-state index contributed by atoms with van der Waals surface area (Å²) in [6, 6.07) is 9.51. The summed E-state index contributed by atoms with van der Waals surface area (Å²) in [5, 5.41) is 12.5. The van der Waals surface area contributed by atoms with E-state index in [1.165, 1.54) is 16.8 Å². The fourth-order valence-corrected chi connectivity index (χ4v) is 2.66. The lowest BCUT2D eigenvalue weighted by atomic mass is 9.87. The summed E-state index contributed by atoms with van der Waals surface area (Å²) in [7, 11) is 0. The van der Waals surface area contributed by atoms with Gasteiger partial charge < -0.3 is 5.32 Å².